The van der Waals surface area contributed by atoms with Gasteiger partial charge < -0.3 is 10.1 Å². The van der Waals surface area contributed by atoms with Crippen LogP contribution in [0.2, 0.25) is 0 Å². The largest absolute Gasteiger partial charge is 0.376 e. The van der Waals surface area contributed by atoms with Crippen molar-refractivity contribution in [2.24, 2.45) is 0 Å². The number of hydrogen-bond acceptors (Lipinski definition) is 3. The number of benzene rings is 1. The minimum absolute atomic E-state index is 0.0548. The number of ether oxygens (including phenoxy) is 1. The van der Waals surface area contributed by atoms with Gasteiger partial charge in [-0.3, -0.25) is 9.89 Å². The van der Waals surface area contributed by atoms with Crippen LogP contribution in [0.25, 0.3) is 0 Å². The highest BCUT2D eigenvalue weighted by Crippen LogP contribution is 2.22. The summed E-state index contributed by atoms with van der Waals surface area (Å²) >= 11 is 0. The van der Waals surface area contributed by atoms with Crippen LogP contribution in [0.4, 0.5) is 5.82 Å². The van der Waals surface area contributed by atoms with E-state index in [-0.39, 0.29) is 5.91 Å². The van der Waals surface area contributed by atoms with Gasteiger partial charge >= 0.3 is 0 Å². The van der Waals surface area contributed by atoms with E-state index in [0.717, 1.165) is 23.2 Å². The quantitative estimate of drug-likeness (QED) is 0.912. The van der Waals surface area contributed by atoms with Crippen molar-refractivity contribution in [2.75, 3.05) is 11.9 Å². The summed E-state index contributed by atoms with van der Waals surface area (Å²) in [5.74, 6) is 0.999. The molecule has 3 rings (SSSR count). The zero-order valence-corrected chi connectivity index (χ0v) is 13.0. The van der Waals surface area contributed by atoms with Crippen molar-refractivity contribution >= 4 is 11.7 Å². The Balaban J connectivity index is 1.68. The Kier molecular flexibility index (Phi) is 4.24. The van der Waals surface area contributed by atoms with Crippen molar-refractivity contribution in [1.82, 2.24) is 10.2 Å². The van der Waals surface area contributed by atoms with E-state index in [0.29, 0.717) is 31.4 Å². The summed E-state index contributed by atoms with van der Waals surface area (Å²) in [4.78, 5) is 12.2. The molecule has 1 amide bonds. The Morgan fingerprint density at radius 2 is 2.32 bits per heavy atom. The van der Waals surface area contributed by atoms with Crippen molar-refractivity contribution in [3.05, 3.63) is 46.6 Å². The lowest BCUT2D eigenvalue weighted by molar-refractivity contribution is -0.115. The van der Waals surface area contributed by atoms with E-state index in [1.54, 1.807) is 0 Å². The number of nitrogens with zero attached hydrogens (tertiary/aromatic N) is 1. The predicted molar refractivity (Wildman–Crippen MR) is 84.8 cm³/mol. The van der Waals surface area contributed by atoms with Crippen molar-refractivity contribution in [3.63, 3.8) is 0 Å². The highest BCUT2D eigenvalue weighted by molar-refractivity contribution is 5.92. The first-order chi connectivity index (χ1) is 10.6. The first-order valence-electron chi connectivity index (χ1n) is 7.66. The van der Waals surface area contributed by atoms with E-state index in [1.165, 1.54) is 5.56 Å². The van der Waals surface area contributed by atoms with Crippen LogP contribution >= 0.6 is 0 Å². The van der Waals surface area contributed by atoms with Crippen LogP contribution in [0, 0.1) is 0 Å². The number of carbonyl (C=O) groups excluding carboxylic acids is 1. The van der Waals surface area contributed by atoms with E-state index in [4.69, 9.17) is 4.74 Å². The second kappa shape index (κ2) is 6.32. The second-order valence-corrected chi connectivity index (χ2v) is 5.96. The van der Waals surface area contributed by atoms with Crippen molar-refractivity contribution in [3.8, 4) is 0 Å². The number of rotatable bonds is 4. The molecule has 116 valence electrons. The van der Waals surface area contributed by atoms with Gasteiger partial charge in [0.15, 0.2) is 5.82 Å². The van der Waals surface area contributed by atoms with Gasteiger partial charge in [-0.25, -0.2) is 0 Å². The Bertz CT molecular complexity index is 676. The monoisotopic (exact) mass is 299 g/mol. The van der Waals surface area contributed by atoms with Gasteiger partial charge in [0.1, 0.15) is 0 Å². The highest BCUT2D eigenvalue weighted by Gasteiger charge is 2.18. The molecule has 1 aromatic heterocycles. The molecule has 0 atom stereocenters. The number of fused-ring (bicyclic) bond motifs is 1. The third kappa shape index (κ3) is 3.20. The zero-order chi connectivity index (χ0) is 15.5. The fourth-order valence-electron chi connectivity index (χ4n) is 2.64. The molecule has 0 unspecified atom stereocenters. The predicted octanol–water partition coefficient (Wildman–Crippen LogP) is 2.79. The maximum Gasteiger partial charge on any atom is 0.230 e. The average molecular weight is 299 g/mol. The lowest BCUT2D eigenvalue weighted by atomic mass is 9.99. The fourth-order valence-corrected chi connectivity index (χ4v) is 2.64. The summed E-state index contributed by atoms with van der Waals surface area (Å²) < 4.78 is 5.43. The molecule has 22 heavy (non-hydrogen) atoms. The van der Waals surface area contributed by atoms with Crippen molar-refractivity contribution in [2.45, 2.75) is 39.2 Å². The molecule has 0 saturated carbocycles. The topological polar surface area (TPSA) is 67.0 Å². The molecule has 5 heteroatoms. The SMILES string of the molecule is CC(C)c1cccc(CC(=O)Nc2n[nH]c3c2COCC3)c1. The van der Waals surface area contributed by atoms with Crippen molar-refractivity contribution < 1.29 is 9.53 Å². The lowest BCUT2D eigenvalue weighted by Gasteiger charge is -2.12. The first-order valence-corrected chi connectivity index (χ1v) is 7.66. The van der Waals surface area contributed by atoms with Gasteiger partial charge in [0, 0.05) is 17.7 Å². The van der Waals surface area contributed by atoms with Crippen LogP contribution in [-0.4, -0.2) is 22.7 Å². The van der Waals surface area contributed by atoms with Gasteiger partial charge in [0.05, 0.1) is 19.6 Å². The van der Waals surface area contributed by atoms with Crippen LogP contribution in [0.3, 0.4) is 0 Å². The molecule has 0 fully saturated rings. The van der Waals surface area contributed by atoms with E-state index < -0.39 is 0 Å². The fraction of sp³-hybridized carbons (Fsp3) is 0.412. The summed E-state index contributed by atoms with van der Waals surface area (Å²) in [6.45, 7) is 5.50. The molecule has 0 saturated heterocycles. The summed E-state index contributed by atoms with van der Waals surface area (Å²) in [6, 6.07) is 8.16. The third-order valence-corrected chi connectivity index (χ3v) is 3.94. The van der Waals surface area contributed by atoms with Gasteiger partial charge in [0.2, 0.25) is 5.91 Å². The molecular formula is C17H21N3O2. The maximum absolute atomic E-state index is 12.2. The van der Waals surface area contributed by atoms with Crippen molar-refractivity contribution in [1.29, 1.82) is 0 Å². The molecule has 5 nitrogen and oxygen atoms in total. The van der Waals surface area contributed by atoms with Gasteiger partial charge in [0.25, 0.3) is 0 Å². The number of carbonyl (C=O) groups is 1. The summed E-state index contributed by atoms with van der Waals surface area (Å²) in [7, 11) is 0. The molecule has 0 bridgehead atoms. The third-order valence-electron chi connectivity index (χ3n) is 3.94. The molecule has 2 heterocycles. The van der Waals surface area contributed by atoms with Gasteiger partial charge in [-0.15, -0.1) is 0 Å². The number of aromatic amines is 1. The number of amides is 1. The van der Waals surface area contributed by atoms with Gasteiger partial charge in [-0.2, -0.15) is 5.10 Å². The number of aromatic nitrogens is 2. The van der Waals surface area contributed by atoms with Crippen LogP contribution < -0.4 is 5.32 Å². The Hall–Kier alpha value is -2.14. The van der Waals surface area contributed by atoms with E-state index in [2.05, 4.69) is 41.5 Å². The Labute approximate surface area is 130 Å². The van der Waals surface area contributed by atoms with E-state index in [1.807, 2.05) is 12.1 Å². The lowest BCUT2D eigenvalue weighted by Crippen LogP contribution is -2.17. The smallest absolute Gasteiger partial charge is 0.230 e. The number of H-pyrrole nitrogens is 1. The molecule has 1 aliphatic heterocycles. The maximum atomic E-state index is 12.2. The minimum Gasteiger partial charge on any atom is -0.376 e. The number of nitrogens with one attached hydrogen (secondary N) is 2. The van der Waals surface area contributed by atoms with Crippen LogP contribution in [0.5, 0.6) is 0 Å². The summed E-state index contributed by atoms with van der Waals surface area (Å²) in [6.07, 6.45) is 1.16. The first kappa shape index (κ1) is 14.8. The molecule has 0 radical (unpaired) electrons. The molecular weight excluding hydrogens is 278 g/mol. The minimum atomic E-state index is -0.0548. The average Bonchev–Trinajstić information content (AvgIpc) is 2.91. The molecule has 1 aromatic carbocycles. The summed E-state index contributed by atoms with van der Waals surface area (Å²) in [5, 5.41) is 10.0. The molecule has 0 aliphatic carbocycles. The van der Waals surface area contributed by atoms with E-state index in [9.17, 15) is 4.79 Å². The normalized spacial score (nSPS) is 14.0. The van der Waals surface area contributed by atoms with Gasteiger partial charge in [-0.05, 0) is 17.0 Å². The molecule has 2 N–H and O–H groups in total. The Morgan fingerprint density at radius 3 is 3.14 bits per heavy atom. The highest BCUT2D eigenvalue weighted by atomic mass is 16.5. The van der Waals surface area contributed by atoms with Crippen LogP contribution in [0.15, 0.2) is 24.3 Å². The number of hydrogen-bond donors (Lipinski definition) is 2. The van der Waals surface area contributed by atoms with E-state index >= 15 is 0 Å². The molecule has 0 spiro atoms. The second-order valence-electron chi connectivity index (χ2n) is 5.96. The zero-order valence-electron chi connectivity index (χ0n) is 13.0. The Morgan fingerprint density at radius 1 is 1.45 bits per heavy atom. The van der Waals surface area contributed by atoms with Crippen LogP contribution in [0.1, 0.15) is 42.1 Å². The van der Waals surface area contributed by atoms with Gasteiger partial charge in [-0.1, -0.05) is 38.1 Å². The van der Waals surface area contributed by atoms with Crippen LogP contribution in [-0.2, 0) is 29.0 Å². The number of anilines is 1. The molecule has 1 aliphatic rings. The molecule has 2 aromatic rings. The standard InChI is InChI=1S/C17H21N3O2/c1-11(2)13-5-3-4-12(8-13)9-16(21)18-17-14-10-22-7-6-15(14)19-20-17/h3-5,8,11H,6-7,9-10H2,1-2H3,(H2,18,19,20,21). The summed E-state index contributed by atoms with van der Waals surface area (Å²) in [5.41, 5.74) is 4.29.